The van der Waals surface area contributed by atoms with Gasteiger partial charge < -0.3 is 14.4 Å². The van der Waals surface area contributed by atoms with E-state index in [4.69, 9.17) is 4.74 Å². The maximum atomic E-state index is 11.2. The highest BCUT2D eigenvalue weighted by atomic mass is 16.5. The average Bonchev–Trinajstić information content (AvgIpc) is 2.29. The Morgan fingerprint density at radius 1 is 1.35 bits per heavy atom. The summed E-state index contributed by atoms with van der Waals surface area (Å²) in [5, 5.41) is 0. The van der Waals surface area contributed by atoms with Gasteiger partial charge in [0.25, 0.3) is 0 Å². The summed E-state index contributed by atoms with van der Waals surface area (Å²) in [7, 11) is 4.13. The molecule has 1 saturated heterocycles. The van der Waals surface area contributed by atoms with Crippen LogP contribution in [0.15, 0.2) is 0 Å². The second kappa shape index (κ2) is 6.47. The molecule has 0 radical (unpaired) electrons. The Balaban J connectivity index is 2.45. The number of nitrogens with zero attached hydrogens (tertiary/aromatic N) is 2. The third-order valence-electron chi connectivity index (χ3n) is 3.76. The molecule has 1 unspecified atom stereocenters. The summed E-state index contributed by atoms with van der Waals surface area (Å²) in [5.74, 6) is 0.116. The SMILES string of the molecule is CN(C)C(C)(C)CC(C=O)CN1CCOCC1. The first kappa shape index (κ1) is 14.6. The molecule has 0 bridgehead atoms. The Kier molecular flexibility index (Phi) is 5.56. The largest absolute Gasteiger partial charge is 0.379 e. The smallest absolute Gasteiger partial charge is 0.124 e. The van der Waals surface area contributed by atoms with Crippen molar-refractivity contribution in [1.29, 1.82) is 0 Å². The summed E-state index contributed by atoms with van der Waals surface area (Å²) >= 11 is 0. The molecule has 1 aliphatic rings. The predicted molar refractivity (Wildman–Crippen MR) is 69.2 cm³/mol. The topological polar surface area (TPSA) is 32.8 Å². The molecular weight excluding hydrogens is 216 g/mol. The molecule has 0 amide bonds. The number of ether oxygens (including phenoxy) is 1. The molecule has 0 N–H and O–H groups in total. The third kappa shape index (κ3) is 4.74. The molecule has 0 aliphatic carbocycles. The standard InChI is InChI=1S/C13H26N2O2/c1-13(2,14(3)4)9-12(11-16)10-15-5-7-17-8-6-15/h11-12H,5-10H2,1-4H3. The maximum absolute atomic E-state index is 11.2. The molecule has 1 fully saturated rings. The molecular formula is C13H26N2O2. The van der Waals surface area contributed by atoms with E-state index in [0.29, 0.717) is 0 Å². The van der Waals surface area contributed by atoms with E-state index in [1.165, 1.54) is 0 Å². The van der Waals surface area contributed by atoms with Crippen LogP contribution in [0.5, 0.6) is 0 Å². The molecule has 0 aromatic carbocycles. The van der Waals surface area contributed by atoms with Crippen molar-refractivity contribution in [3.63, 3.8) is 0 Å². The minimum absolute atomic E-state index is 0.0673. The van der Waals surface area contributed by atoms with Crippen LogP contribution in [-0.4, -0.2) is 68.6 Å². The normalized spacial score (nSPS) is 20.5. The summed E-state index contributed by atoms with van der Waals surface area (Å²) in [4.78, 5) is 15.7. The predicted octanol–water partition coefficient (Wildman–Crippen LogP) is 0.864. The van der Waals surface area contributed by atoms with Crippen molar-refractivity contribution < 1.29 is 9.53 Å². The van der Waals surface area contributed by atoms with E-state index in [2.05, 4.69) is 37.7 Å². The maximum Gasteiger partial charge on any atom is 0.124 e. The number of carbonyl (C=O) groups is 1. The molecule has 1 heterocycles. The number of rotatable bonds is 6. The van der Waals surface area contributed by atoms with E-state index in [1.54, 1.807) is 0 Å². The molecule has 4 heteroatoms. The van der Waals surface area contributed by atoms with Crippen LogP contribution in [0.4, 0.5) is 0 Å². The van der Waals surface area contributed by atoms with E-state index in [0.717, 1.165) is 45.6 Å². The summed E-state index contributed by atoms with van der Waals surface area (Å²) in [6.45, 7) is 8.72. The van der Waals surface area contributed by atoms with Gasteiger partial charge in [-0.2, -0.15) is 0 Å². The summed E-state index contributed by atoms with van der Waals surface area (Å²) in [6, 6.07) is 0. The molecule has 17 heavy (non-hydrogen) atoms. The van der Waals surface area contributed by atoms with Crippen LogP contribution in [0.25, 0.3) is 0 Å². The van der Waals surface area contributed by atoms with Crippen molar-refractivity contribution >= 4 is 6.29 Å². The highest BCUT2D eigenvalue weighted by molar-refractivity contribution is 5.54. The Bertz CT molecular complexity index is 236. The molecule has 0 aromatic rings. The van der Waals surface area contributed by atoms with E-state index in [9.17, 15) is 4.79 Å². The Hall–Kier alpha value is -0.450. The van der Waals surface area contributed by atoms with Crippen LogP contribution < -0.4 is 0 Å². The van der Waals surface area contributed by atoms with Gasteiger partial charge in [0.05, 0.1) is 13.2 Å². The van der Waals surface area contributed by atoms with Gasteiger partial charge in [-0.3, -0.25) is 4.90 Å². The minimum atomic E-state index is 0.0673. The van der Waals surface area contributed by atoms with Gasteiger partial charge >= 0.3 is 0 Å². The summed E-state index contributed by atoms with van der Waals surface area (Å²) < 4.78 is 5.32. The van der Waals surface area contributed by atoms with Gasteiger partial charge in [0.15, 0.2) is 0 Å². The van der Waals surface area contributed by atoms with Gasteiger partial charge in [-0.05, 0) is 34.4 Å². The first-order valence-electron chi connectivity index (χ1n) is 6.38. The molecule has 1 atom stereocenters. The zero-order valence-electron chi connectivity index (χ0n) is 11.6. The van der Waals surface area contributed by atoms with E-state index < -0.39 is 0 Å². The van der Waals surface area contributed by atoms with Crippen LogP contribution >= 0.6 is 0 Å². The lowest BCUT2D eigenvalue weighted by Gasteiger charge is -2.36. The molecule has 4 nitrogen and oxygen atoms in total. The molecule has 1 rings (SSSR count). The van der Waals surface area contributed by atoms with Crippen LogP contribution in [-0.2, 0) is 9.53 Å². The lowest BCUT2D eigenvalue weighted by atomic mass is 9.90. The molecule has 100 valence electrons. The minimum Gasteiger partial charge on any atom is -0.379 e. The molecule has 0 aromatic heterocycles. The second-order valence-electron chi connectivity index (χ2n) is 5.72. The fourth-order valence-electron chi connectivity index (χ4n) is 2.10. The second-order valence-corrected chi connectivity index (χ2v) is 5.72. The quantitative estimate of drug-likeness (QED) is 0.647. The van der Waals surface area contributed by atoms with E-state index >= 15 is 0 Å². The van der Waals surface area contributed by atoms with Crippen molar-refractivity contribution in [2.45, 2.75) is 25.8 Å². The van der Waals surface area contributed by atoms with Gasteiger partial charge in [0.1, 0.15) is 6.29 Å². The van der Waals surface area contributed by atoms with Crippen molar-refractivity contribution in [2.75, 3.05) is 46.9 Å². The zero-order valence-corrected chi connectivity index (χ0v) is 11.6. The Morgan fingerprint density at radius 2 is 1.94 bits per heavy atom. The summed E-state index contributed by atoms with van der Waals surface area (Å²) in [6.07, 6.45) is 2.02. The molecule has 0 saturated carbocycles. The number of hydrogen-bond donors (Lipinski definition) is 0. The number of hydrogen-bond acceptors (Lipinski definition) is 4. The van der Waals surface area contributed by atoms with Crippen LogP contribution in [0.3, 0.4) is 0 Å². The van der Waals surface area contributed by atoms with E-state index in [1.807, 2.05) is 0 Å². The molecule has 0 spiro atoms. The fourth-order valence-corrected chi connectivity index (χ4v) is 2.10. The number of carbonyl (C=O) groups excluding carboxylic acids is 1. The number of morpholine rings is 1. The Morgan fingerprint density at radius 3 is 2.41 bits per heavy atom. The van der Waals surface area contributed by atoms with Gasteiger partial charge in [0, 0.05) is 31.1 Å². The first-order chi connectivity index (χ1) is 7.95. The van der Waals surface area contributed by atoms with Gasteiger partial charge in [0.2, 0.25) is 0 Å². The van der Waals surface area contributed by atoms with Crippen LogP contribution in [0, 0.1) is 5.92 Å². The highest BCUT2D eigenvalue weighted by Crippen LogP contribution is 2.21. The lowest BCUT2D eigenvalue weighted by molar-refractivity contribution is -0.113. The van der Waals surface area contributed by atoms with Gasteiger partial charge in [-0.1, -0.05) is 0 Å². The monoisotopic (exact) mass is 242 g/mol. The number of aldehydes is 1. The van der Waals surface area contributed by atoms with Crippen molar-refractivity contribution in [2.24, 2.45) is 5.92 Å². The van der Waals surface area contributed by atoms with Gasteiger partial charge in [-0.15, -0.1) is 0 Å². The molecule has 1 aliphatic heterocycles. The van der Waals surface area contributed by atoms with Crippen molar-refractivity contribution in [3.8, 4) is 0 Å². The fraction of sp³-hybridized carbons (Fsp3) is 0.923. The van der Waals surface area contributed by atoms with E-state index in [-0.39, 0.29) is 11.5 Å². The van der Waals surface area contributed by atoms with Crippen molar-refractivity contribution in [3.05, 3.63) is 0 Å². The highest BCUT2D eigenvalue weighted by Gasteiger charge is 2.26. The van der Waals surface area contributed by atoms with Crippen LogP contribution in [0.1, 0.15) is 20.3 Å². The Labute approximate surface area is 105 Å². The third-order valence-corrected chi connectivity index (χ3v) is 3.76. The van der Waals surface area contributed by atoms with Crippen molar-refractivity contribution in [1.82, 2.24) is 9.80 Å². The zero-order chi connectivity index (χ0) is 12.9. The first-order valence-corrected chi connectivity index (χ1v) is 6.38. The lowest BCUT2D eigenvalue weighted by Crippen LogP contribution is -2.44. The summed E-state index contributed by atoms with van der Waals surface area (Å²) in [5.41, 5.74) is 0.0673. The van der Waals surface area contributed by atoms with Gasteiger partial charge in [-0.25, -0.2) is 0 Å². The average molecular weight is 242 g/mol. The van der Waals surface area contributed by atoms with Crippen LogP contribution in [0.2, 0.25) is 0 Å².